The fourth-order valence-electron chi connectivity index (χ4n) is 0.915. The maximum Gasteiger partial charge on any atom is 0.225 e. The van der Waals surface area contributed by atoms with Crippen LogP contribution in [0.15, 0.2) is 16.7 Å². The molecule has 3 nitrogen and oxygen atoms in total. The molecule has 0 bridgehead atoms. The van der Waals surface area contributed by atoms with Crippen LogP contribution in [-0.4, -0.2) is 10.9 Å². The van der Waals surface area contributed by atoms with Crippen LogP contribution in [0, 0.1) is 0 Å². The summed E-state index contributed by atoms with van der Waals surface area (Å²) in [5.74, 6) is 0.440. The van der Waals surface area contributed by atoms with Gasteiger partial charge < -0.3 is 5.32 Å². The smallest absolute Gasteiger partial charge is 0.225 e. The van der Waals surface area contributed by atoms with Crippen LogP contribution >= 0.6 is 27.5 Å². The van der Waals surface area contributed by atoms with E-state index in [1.54, 1.807) is 12.3 Å². The zero-order chi connectivity index (χ0) is 10.6. The fourth-order valence-corrected chi connectivity index (χ4v) is 1.28. The molecule has 0 aliphatic rings. The average molecular weight is 278 g/mol. The molecule has 1 heterocycles. The molecule has 0 aliphatic carbocycles. The van der Waals surface area contributed by atoms with Crippen LogP contribution in [0.1, 0.15) is 19.8 Å². The van der Waals surface area contributed by atoms with Gasteiger partial charge in [-0.05, 0) is 22.4 Å². The zero-order valence-electron chi connectivity index (χ0n) is 7.68. The minimum absolute atomic E-state index is 0.0432. The van der Waals surface area contributed by atoms with Crippen molar-refractivity contribution in [1.82, 2.24) is 4.98 Å². The number of pyridine rings is 1. The van der Waals surface area contributed by atoms with Gasteiger partial charge in [-0.25, -0.2) is 4.98 Å². The van der Waals surface area contributed by atoms with Gasteiger partial charge in [0.2, 0.25) is 5.91 Å². The van der Waals surface area contributed by atoms with Gasteiger partial charge in [0, 0.05) is 18.7 Å². The van der Waals surface area contributed by atoms with E-state index in [2.05, 4.69) is 26.2 Å². The van der Waals surface area contributed by atoms with Crippen LogP contribution < -0.4 is 5.32 Å². The molecular formula is C9H10BrClN2O. The predicted molar refractivity (Wildman–Crippen MR) is 60.5 cm³/mol. The van der Waals surface area contributed by atoms with Gasteiger partial charge in [0.05, 0.1) is 9.50 Å². The van der Waals surface area contributed by atoms with Crippen molar-refractivity contribution in [3.8, 4) is 0 Å². The Balaban J connectivity index is 2.68. The van der Waals surface area contributed by atoms with Gasteiger partial charge in [-0.3, -0.25) is 4.79 Å². The van der Waals surface area contributed by atoms with Gasteiger partial charge >= 0.3 is 0 Å². The topological polar surface area (TPSA) is 42.0 Å². The van der Waals surface area contributed by atoms with Crippen molar-refractivity contribution in [2.45, 2.75) is 19.8 Å². The maximum atomic E-state index is 11.2. The van der Waals surface area contributed by atoms with Gasteiger partial charge in [-0.1, -0.05) is 18.5 Å². The van der Waals surface area contributed by atoms with E-state index in [1.807, 2.05) is 6.92 Å². The quantitative estimate of drug-likeness (QED) is 0.921. The molecule has 0 saturated carbocycles. The fraction of sp³-hybridized carbons (Fsp3) is 0.333. The van der Waals surface area contributed by atoms with E-state index in [4.69, 9.17) is 11.6 Å². The summed E-state index contributed by atoms with van der Waals surface area (Å²) >= 11 is 9.06. The number of anilines is 1. The number of amides is 1. The number of rotatable bonds is 3. The lowest BCUT2D eigenvalue weighted by molar-refractivity contribution is -0.116. The summed E-state index contributed by atoms with van der Waals surface area (Å²) in [4.78, 5) is 15.2. The van der Waals surface area contributed by atoms with E-state index >= 15 is 0 Å². The molecule has 0 radical (unpaired) electrons. The molecule has 0 aromatic carbocycles. The van der Waals surface area contributed by atoms with Crippen LogP contribution in [0.3, 0.4) is 0 Å². The van der Waals surface area contributed by atoms with Crippen molar-refractivity contribution >= 4 is 39.3 Å². The van der Waals surface area contributed by atoms with Crippen molar-refractivity contribution in [3.05, 3.63) is 21.8 Å². The second-order valence-corrected chi connectivity index (χ2v) is 4.04. The first-order valence-corrected chi connectivity index (χ1v) is 5.41. The number of hydrogen-bond acceptors (Lipinski definition) is 2. The number of nitrogens with zero attached hydrogens (tertiary/aromatic N) is 1. The first-order chi connectivity index (χ1) is 6.63. The van der Waals surface area contributed by atoms with Gasteiger partial charge in [0.1, 0.15) is 5.82 Å². The Labute approximate surface area is 96.0 Å². The highest BCUT2D eigenvalue weighted by atomic mass is 79.9. The molecular weight excluding hydrogens is 267 g/mol. The molecule has 0 saturated heterocycles. The molecule has 0 unspecified atom stereocenters. The van der Waals surface area contributed by atoms with Crippen LogP contribution in [0.4, 0.5) is 5.82 Å². The van der Waals surface area contributed by atoms with Crippen LogP contribution in [0.5, 0.6) is 0 Å². The van der Waals surface area contributed by atoms with Crippen LogP contribution in [-0.2, 0) is 4.79 Å². The third kappa shape index (κ3) is 3.27. The summed E-state index contributed by atoms with van der Waals surface area (Å²) in [5, 5.41) is 3.19. The summed E-state index contributed by atoms with van der Waals surface area (Å²) in [7, 11) is 0. The van der Waals surface area contributed by atoms with Gasteiger partial charge in [-0.15, -0.1) is 0 Å². The summed E-state index contributed by atoms with van der Waals surface area (Å²) in [6, 6.07) is 1.61. The monoisotopic (exact) mass is 276 g/mol. The first-order valence-electron chi connectivity index (χ1n) is 4.24. The number of nitrogens with one attached hydrogen (secondary N) is 1. The van der Waals surface area contributed by atoms with Crippen LogP contribution in [0.2, 0.25) is 5.02 Å². The molecule has 1 aromatic rings. The average Bonchev–Trinajstić information content (AvgIpc) is 2.12. The largest absolute Gasteiger partial charge is 0.311 e. The van der Waals surface area contributed by atoms with E-state index in [0.717, 1.165) is 6.42 Å². The Morgan fingerprint density at radius 3 is 3.00 bits per heavy atom. The highest BCUT2D eigenvalue weighted by molar-refractivity contribution is 9.10. The Kier molecular flexibility index (Phi) is 4.35. The van der Waals surface area contributed by atoms with Crippen LogP contribution in [0.25, 0.3) is 0 Å². The van der Waals surface area contributed by atoms with E-state index in [9.17, 15) is 4.79 Å². The lowest BCUT2D eigenvalue weighted by Crippen LogP contribution is -2.11. The van der Waals surface area contributed by atoms with Gasteiger partial charge in [-0.2, -0.15) is 0 Å². The van der Waals surface area contributed by atoms with Gasteiger partial charge in [0.15, 0.2) is 0 Å². The van der Waals surface area contributed by atoms with Crippen molar-refractivity contribution in [2.75, 3.05) is 5.32 Å². The van der Waals surface area contributed by atoms with E-state index < -0.39 is 0 Å². The highest BCUT2D eigenvalue weighted by Gasteiger charge is 2.04. The van der Waals surface area contributed by atoms with Crippen molar-refractivity contribution < 1.29 is 4.79 Å². The molecule has 0 fully saturated rings. The molecule has 76 valence electrons. The molecule has 5 heteroatoms. The molecule has 1 aromatic heterocycles. The number of carbonyl (C=O) groups excluding carboxylic acids is 1. The number of aromatic nitrogens is 1. The molecule has 14 heavy (non-hydrogen) atoms. The Hall–Kier alpha value is -0.610. The van der Waals surface area contributed by atoms with Crippen molar-refractivity contribution in [2.24, 2.45) is 0 Å². The summed E-state index contributed by atoms with van der Waals surface area (Å²) < 4.78 is 0.715. The lowest BCUT2D eigenvalue weighted by atomic mass is 10.3. The lowest BCUT2D eigenvalue weighted by Gasteiger charge is -2.03. The second-order valence-electron chi connectivity index (χ2n) is 2.78. The Morgan fingerprint density at radius 1 is 1.71 bits per heavy atom. The summed E-state index contributed by atoms with van der Waals surface area (Å²) in [6.07, 6.45) is 2.87. The molecule has 1 rings (SSSR count). The molecule has 0 spiro atoms. The van der Waals surface area contributed by atoms with E-state index in [1.165, 1.54) is 0 Å². The second kappa shape index (κ2) is 5.32. The molecule has 0 atom stereocenters. The molecule has 0 aliphatic heterocycles. The summed E-state index contributed by atoms with van der Waals surface area (Å²) in [5.41, 5.74) is 0. The van der Waals surface area contributed by atoms with Crippen molar-refractivity contribution in [1.29, 1.82) is 0 Å². The van der Waals surface area contributed by atoms with Crippen molar-refractivity contribution in [3.63, 3.8) is 0 Å². The normalized spacial score (nSPS) is 9.93. The highest BCUT2D eigenvalue weighted by Crippen LogP contribution is 2.23. The van der Waals surface area contributed by atoms with Gasteiger partial charge in [0.25, 0.3) is 0 Å². The minimum atomic E-state index is -0.0432. The third-order valence-corrected chi connectivity index (χ3v) is 2.73. The summed E-state index contributed by atoms with van der Waals surface area (Å²) in [6.45, 7) is 1.95. The standard InChI is InChI=1S/C9H10BrClN2O/c1-2-3-9(14)13-8-4-7(11)6(10)5-12-8/h4-5H,2-3H2,1H3,(H,12,13,14). The maximum absolute atomic E-state index is 11.2. The first kappa shape index (κ1) is 11.5. The molecule has 1 amide bonds. The van der Waals surface area contributed by atoms with E-state index in [0.29, 0.717) is 21.7 Å². The SMILES string of the molecule is CCCC(=O)Nc1cc(Cl)c(Br)cn1. The molecule has 1 N–H and O–H groups in total. The van der Waals surface area contributed by atoms with E-state index in [-0.39, 0.29) is 5.91 Å². The zero-order valence-corrected chi connectivity index (χ0v) is 10.0. The predicted octanol–water partition coefficient (Wildman–Crippen LogP) is 3.24. The minimum Gasteiger partial charge on any atom is -0.311 e. The number of halogens is 2. The number of carbonyl (C=O) groups is 1. The Bertz CT molecular complexity index is 344. The number of hydrogen-bond donors (Lipinski definition) is 1. The third-order valence-electron chi connectivity index (χ3n) is 1.55. The Morgan fingerprint density at radius 2 is 2.43 bits per heavy atom.